The van der Waals surface area contributed by atoms with Crippen LogP contribution in [0, 0.1) is 5.82 Å². The van der Waals surface area contributed by atoms with Gasteiger partial charge in [0.25, 0.3) is 0 Å². The Balaban J connectivity index is 1.38. The number of halogens is 2. The zero-order valence-electron chi connectivity index (χ0n) is 13.8. The standard InChI is InChI=1S/C17H16ClFN6O/c18-13-2-1-3-14(19)12(13)8-17(26)21-11-6-7-24(9-11)16-5-4-15-22-20-10-25(15)23-16/h1-5,10-11H,6-9H2,(H,21,26)/t11-/m0/s1. The van der Waals surface area contributed by atoms with E-state index in [9.17, 15) is 9.18 Å². The van der Waals surface area contributed by atoms with Crippen LogP contribution in [-0.4, -0.2) is 44.8 Å². The third-order valence-electron chi connectivity index (χ3n) is 4.42. The first-order valence-electron chi connectivity index (χ1n) is 8.24. The minimum absolute atomic E-state index is 0.0218. The number of nitrogens with zero attached hydrogens (tertiary/aromatic N) is 5. The third-order valence-corrected chi connectivity index (χ3v) is 4.78. The summed E-state index contributed by atoms with van der Waals surface area (Å²) in [6.45, 7) is 1.41. The fraction of sp³-hybridized carbons (Fsp3) is 0.294. The molecule has 134 valence electrons. The van der Waals surface area contributed by atoms with Gasteiger partial charge in [0.2, 0.25) is 5.91 Å². The van der Waals surface area contributed by atoms with Crippen LogP contribution in [0.15, 0.2) is 36.7 Å². The summed E-state index contributed by atoms with van der Waals surface area (Å²) < 4.78 is 15.4. The summed E-state index contributed by atoms with van der Waals surface area (Å²) in [5.74, 6) is 0.0874. The van der Waals surface area contributed by atoms with Gasteiger partial charge in [-0.15, -0.1) is 15.3 Å². The van der Waals surface area contributed by atoms with Crippen LogP contribution in [0.2, 0.25) is 5.02 Å². The Labute approximate surface area is 153 Å². The Morgan fingerprint density at radius 2 is 2.23 bits per heavy atom. The molecule has 1 amide bonds. The third kappa shape index (κ3) is 3.32. The smallest absolute Gasteiger partial charge is 0.224 e. The second-order valence-corrected chi connectivity index (χ2v) is 6.61. The van der Waals surface area contributed by atoms with E-state index in [1.165, 1.54) is 12.1 Å². The zero-order valence-corrected chi connectivity index (χ0v) is 14.5. The van der Waals surface area contributed by atoms with Crippen LogP contribution >= 0.6 is 11.6 Å². The van der Waals surface area contributed by atoms with Crippen LogP contribution in [-0.2, 0) is 11.2 Å². The maximum atomic E-state index is 13.8. The van der Waals surface area contributed by atoms with E-state index in [4.69, 9.17) is 11.6 Å². The molecule has 4 rings (SSSR count). The number of rotatable bonds is 4. The second kappa shape index (κ2) is 6.87. The van der Waals surface area contributed by atoms with Gasteiger partial charge in [0, 0.05) is 29.7 Å². The molecule has 1 N–H and O–H groups in total. The highest BCUT2D eigenvalue weighted by Crippen LogP contribution is 2.21. The van der Waals surface area contributed by atoms with E-state index in [0.717, 1.165) is 18.8 Å². The van der Waals surface area contributed by atoms with Gasteiger partial charge in [-0.1, -0.05) is 17.7 Å². The molecule has 0 saturated carbocycles. The molecule has 3 heterocycles. The first-order chi connectivity index (χ1) is 12.6. The van der Waals surface area contributed by atoms with Gasteiger partial charge < -0.3 is 10.2 Å². The average molecular weight is 375 g/mol. The van der Waals surface area contributed by atoms with Gasteiger partial charge in [-0.2, -0.15) is 4.52 Å². The SMILES string of the molecule is O=C(Cc1c(F)cccc1Cl)N[C@H]1CCN(c2ccc3nncn3n2)C1. The lowest BCUT2D eigenvalue weighted by Gasteiger charge is -2.18. The summed E-state index contributed by atoms with van der Waals surface area (Å²) in [7, 11) is 0. The highest BCUT2D eigenvalue weighted by molar-refractivity contribution is 6.31. The largest absolute Gasteiger partial charge is 0.353 e. The lowest BCUT2D eigenvalue weighted by Crippen LogP contribution is -2.38. The molecule has 3 aromatic rings. The molecule has 9 heteroatoms. The molecule has 1 aromatic carbocycles. The van der Waals surface area contributed by atoms with Crippen molar-refractivity contribution in [1.82, 2.24) is 25.1 Å². The molecule has 1 aliphatic heterocycles. The molecule has 0 spiro atoms. The number of anilines is 1. The summed E-state index contributed by atoms with van der Waals surface area (Å²) >= 11 is 5.98. The number of aromatic nitrogens is 4. The molecule has 1 aliphatic rings. The van der Waals surface area contributed by atoms with Gasteiger partial charge in [-0.3, -0.25) is 4.79 Å². The van der Waals surface area contributed by atoms with Gasteiger partial charge in [-0.25, -0.2) is 4.39 Å². The summed E-state index contributed by atoms with van der Waals surface area (Å²) in [5, 5.41) is 15.4. The predicted molar refractivity (Wildman–Crippen MR) is 94.7 cm³/mol. The van der Waals surface area contributed by atoms with Crippen molar-refractivity contribution in [3.63, 3.8) is 0 Å². The number of carbonyl (C=O) groups excluding carboxylic acids is 1. The molecule has 7 nitrogen and oxygen atoms in total. The van der Waals surface area contributed by atoms with Gasteiger partial charge in [0.1, 0.15) is 18.0 Å². The van der Waals surface area contributed by atoms with Crippen molar-refractivity contribution in [2.24, 2.45) is 0 Å². The van der Waals surface area contributed by atoms with Crippen molar-refractivity contribution in [2.45, 2.75) is 18.9 Å². The van der Waals surface area contributed by atoms with Gasteiger partial charge in [0.15, 0.2) is 5.65 Å². The molecule has 1 saturated heterocycles. The van der Waals surface area contributed by atoms with Crippen molar-refractivity contribution < 1.29 is 9.18 Å². The van der Waals surface area contributed by atoms with E-state index in [-0.39, 0.29) is 29.0 Å². The van der Waals surface area contributed by atoms with E-state index < -0.39 is 5.82 Å². The van der Waals surface area contributed by atoms with Crippen LogP contribution in [0.1, 0.15) is 12.0 Å². The number of fused-ring (bicyclic) bond motifs is 1. The molecular weight excluding hydrogens is 359 g/mol. The fourth-order valence-corrected chi connectivity index (χ4v) is 3.34. The maximum Gasteiger partial charge on any atom is 0.224 e. The van der Waals surface area contributed by atoms with Crippen molar-refractivity contribution in [3.05, 3.63) is 53.1 Å². The minimum Gasteiger partial charge on any atom is -0.353 e. The average Bonchev–Trinajstić information content (AvgIpc) is 3.26. The summed E-state index contributed by atoms with van der Waals surface area (Å²) in [6, 6.07) is 8.12. The summed E-state index contributed by atoms with van der Waals surface area (Å²) in [5.41, 5.74) is 0.904. The Morgan fingerprint density at radius 3 is 3.08 bits per heavy atom. The van der Waals surface area contributed by atoms with Crippen molar-refractivity contribution >= 4 is 29.0 Å². The van der Waals surface area contributed by atoms with Crippen molar-refractivity contribution in [2.75, 3.05) is 18.0 Å². The molecule has 2 aromatic heterocycles. The number of amides is 1. The first kappa shape index (κ1) is 16.7. The van der Waals surface area contributed by atoms with Crippen LogP contribution in [0.25, 0.3) is 5.65 Å². The highest BCUT2D eigenvalue weighted by Gasteiger charge is 2.25. The van der Waals surface area contributed by atoms with Crippen LogP contribution < -0.4 is 10.2 Å². The topological polar surface area (TPSA) is 75.4 Å². The first-order valence-corrected chi connectivity index (χ1v) is 8.62. The van der Waals surface area contributed by atoms with Crippen molar-refractivity contribution in [3.8, 4) is 0 Å². The summed E-state index contributed by atoms with van der Waals surface area (Å²) in [6.07, 6.45) is 2.26. The zero-order chi connectivity index (χ0) is 18.1. The van der Waals surface area contributed by atoms with Crippen LogP contribution in [0.4, 0.5) is 10.2 Å². The summed E-state index contributed by atoms with van der Waals surface area (Å²) in [4.78, 5) is 14.3. The molecular formula is C17H16ClFN6O. The molecule has 26 heavy (non-hydrogen) atoms. The van der Waals surface area contributed by atoms with Gasteiger partial charge in [-0.05, 0) is 30.7 Å². The molecule has 1 atom stereocenters. The van der Waals surface area contributed by atoms with E-state index in [2.05, 4.69) is 25.5 Å². The monoisotopic (exact) mass is 374 g/mol. The lowest BCUT2D eigenvalue weighted by molar-refractivity contribution is -0.121. The maximum absolute atomic E-state index is 13.8. The number of hydrogen-bond donors (Lipinski definition) is 1. The van der Waals surface area contributed by atoms with E-state index in [0.29, 0.717) is 12.2 Å². The van der Waals surface area contributed by atoms with Gasteiger partial charge >= 0.3 is 0 Å². The number of carbonyl (C=O) groups is 1. The Hall–Kier alpha value is -2.74. The second-order valence-electron chi connectivity index (χ2n) is 6.20. The highest BCUT2D eigenvalue weighted by atomic mass is 35.5. The van der Waals surface area contributed by atoms with Crippen molar-refractivity contribution in [1.29, 1.82) is 0 Å². The van der Waals surface area contributed by atoms with E-state index >= 15 is 0 Å². The fourth-order valence-electron chi connectivity index (χ4n) is 3.11. The Bertz CT molecular complexity index is 941. The van der Waals surface area contributed by atoms with Gasteiger partial charge in [0.05, 0.1) is 6.42 Å². The molecule has 0 unspecified atom stereocenters. The quantitative estimate of drug-likeness (QED) is 0.754. The Morgan fingerprint density at radius 1 is 1.35 bits per heavy atom. The molecule has 0 aliphatic carbocycles. The van der Waals surface area contributed by atoms with Crippen LogP contribution in [0.5, 0.6) is 0 Å². The lowest BCUT2D eigenvalue weighted by atomic mass is 10.1. The molecule has 1 fully saturated rings. The predicted octanol–water partition coefficient (Wildman–Crippen LogP) is 1.85. The molecule has 0 radical (unpaired) electrons. The molecule has 0 bridgehead atoms. The van der Waals surface area contributed by atoms with E-state index in [1.54, 1.807) is 16.9 Å². The number of nitrogens with one attached hydrogen (secondary N) is 1. The normalized spacial score (nSPS) is 17.0. The minimum atomic E-state index is -0.466. The number of hydrogen-bond acceptors (Lipinski definition) is 5. The number of benzene rings is 1. The van der Waals surface area contributed by atoms with Crippen LogP contribution in [0.3, 0.4) is 0 Å². The Kier molecular flexibility index (Phi) is 4.42. The van der Waals surface area contributed by atoms with E-state index in [1.807, 2.05) is 12.1 Å².